The molecular formula is C81H144O17P2. The second kappa shape index (κ2) is 75.1. The summed E-state index contributed by atoms with van der Waals surface area (Å²) in [5, 5.41) is 10.6. The summed E-state index contributed by atoms with van der Waals surface area (Å²) in [7, 11) is -9.81. The van der Waals surface area contributed by atoms with Crippen LogP contribution in [0.25, 0.3) is 0 Å². The second-order valence-electron chi connectivity index (χ2n) is 26.6. The Balaban J connectivity index is 5.30. The van der Waals surface area contributed by atoms with E-state index < -0.39 is 84.9 Å². The van der Waals surface area contributed by atoms with E-state index >= 15 is 0 Å². The van der Waals surface area contributed by atoms with Gasteiger partial charge in [-0.25, -0.2) is 9.13 Å². The normalized spacial score (nSPS) is 14.4. The highest BCUT2D eigenvalue weighted by molar-refractivity contribution is 7.47. The van der Waals surface area contributed by atoms with Gasteiger partial charge in [0.2, 0.25) is 0 Å². The van der Waals surface area contributed by atoms with E-state index in [1.807, 2.05) is 0 Å². The molecule has 2 unspecified atom stereocenters. The summed E-state index contributed by atoms with van der Waals surface area (Å²) < 4.78 is 69.3. The van der Waals surface area contributed by atoms with Crippen LogP contribution in [0.1, 0.15) is 342 Å². The zero-order valence-electron chi connectivity index (χ0n) is 63.1. The number of aliphatic hydroxyl groups is 1. The van der Waals surface area contributed by atoms with Crippen LogP contribution in [-0.4, -0.2) is 104 Å². The molecule has 100 heavy (non-hydrogen) atoms. The van der Waals surface area contributed by atoms with E-state index in [1.165, 1.54) is 57.8 Å². The van der Waals surface area contributed by atoms with Gasteiger partial charge in [-0.3, -0.25) is 32.5 Å². The highest BCUT2D eigenvalue weighted by atomic mass is 31.2. The molecule has 0 aliphatic carbocycles. The Hall–Kier alpha value is -3.60. The lowest BCUT2D eigenvalue weighted by molar-refractivity contribution is -0.161. The number of carbonyl (C=O) groups excluding carboxylic acids is 4. The fourth-order valence-corrected chi connectivity index (χ4v) is 12.3. The molecule has 0 radical (unpaired) electrons. The summed E-state index contributed by atoms with van der Waals surface area (Å²) in [6.45, 7) is 3.44. The van der Waals surface area contributed by atoms with Gasteiger partial charge in [0.25, 0.3) is 0 Å². The summed E-state index contributed by atoms with van der Waals surface area (Å²) in [4.78, 5) is 70.4. The molecule has 0 aliphatic rings. The zero-order valence-corrected chi connectivity index (χ0v) is 64.9. The van der Waals surface area contributed by atoms with Gasteiger partial charge in [0.05, 0.1) is 26.4 Å². The number of carbonyl (C=O) groups is 4. The summed E-state index contributed by atoms with van der Waals surface area (Å²) in [5.74, 6) is -1.49. The van der Waals surface area contributed by atoms with Gasteiger partial charge in [-0.05, 0) is 154 Å². The zero-order chi connectivity index (χ0) is 73.0. The maximum absolute atomic E-state index is 13.1. The molecule has 0 aromatic heterocycles. The number of hydrogen-bond donors (Lipinski definition) is 3. The van der Waals surface area contributed by atoms with Crippen LogP contribution in [0.4, 0.5) is 0 Å². The molecule has 0 bridgehead atoms. The molecule has 0 saturated heterocycles. The smallest absolute Gasteiger partial charge is 0.463 e. The maximum Gasteiger partial charge on any atom is 0.472 e. The predicted octanol–water partition coefficient (Wildman–Crippen LogP) is 22.7. The molecule has 0 rings (SSSR count). The van der Waals surface area contributed by atoms with Crippen LogP contribution in [-0.2, 0) is 65.4 Å². The number of aliphatic hydroxyl groups excluding tert-OH is 1. The number of rotatable bonds is 77. The standard InChI is InChI=1S/C81H144O17P2/c1-4-7-10-13-16-19-22-25-30-35-40-45-50-55-60-65-79(84)92-72-77(91-69-64-59-54-49-44-39-34-29-28-33-38-43-48-53-58-63-68-82)74-96-99(87,88)94-70-76(83)71-95-100(89,90)97-75-78(98-81(86)67-62-57-52-47-42-37-32-27-24-21-18-15-12-9-6-3)73-93-80(85)66-61-56-51-46-41-36-31-26-23-20-17-14-11-8-5-2/h16-21,25-28,30-33,68,76-78,83H,4-15,22-24,29,34-67,69-75H2,1-3H3,(H,87,88)(H,89,90)/b19-16-,20-17-,21-18-,30-25-,31-26-,32-27-,33-28-/t76-,77-,78-/m1/s1. The Labute approximate surface area is 608 Å². The van der Waals surface area contributed by atoms with Crippen LogP contribution in [0, 0.1) is 0 Å². The predicted molar refractivity (Wildman–Crippen MR) is 409 cm³/mol. The van der Waals surface area contributed by atoms with Crippen LogP contribution in [0.5, 0.6) is 0 Å². The maximum atomic E-state index is 13.1. The van der Waals surface area contributed by atoms with Gasteiger partial charge < -0.3 is 38.6 Å². The number of esters is 3. The first kappa shape index (κ1) is 96.4. The average molecular weight is 1450 g/mol. The second-order valence-corrected chi connectivity index (χ2v) is 29.5. The van der Waals surface area contributed by atoms with Gasteiger partial charge in [-0.2, -0.15) is 0 Å². The van der Waals surface area contributed by atoms with Gasteiger partial charge in [0, 0.05) is 32.3 Å². The number of unbranched alkanes of at least 4 members (excludes halogenated alkanes) is 36. The number of aldehydes is 1. The minimum absolute atomic E-state index is 0.0884. The third kappa shape index (κ3) is 74.1. The van der Waals surface area contributed by atoms with E-state index in [0.717, 1.165) is 225 Å². The molecule has 580 valence electrons. The lowest BCUT2D eigenvalue weighted by atomic mass is 10.1. The fourth-order valence-electron chi connectivity index (χ4n) is 10.7. The molecule has 0 spiro atoms. The van der Waals surface area contributed by atoms with E-state index in [4.69, 9.17) is 37.0 Å². The van der Waals surface area contributed by atoms with Gasteiger partial charge in [-0.1, -0.05) is 247 Å². The van der Waals surface area contributed by atoms with E-state index in [0.29, 0.717) is 32.3 Å². The van der Waals surface area contributed by atoms with Crippen molar-refractivity contribution < 1.29 is 80.2 Å². The van der Waals surface area contributed by atoms with Crippen molar-refractivity contribution in [3.63, 3.8) is 0 Å². The molecule has 17 nitrogen and oxygen atoms in total. The molecular weight excluding hydrogens is 1310 g/mol. The van der Waals surface area contributed by atoms with Crippen molar-refractivity contribution in [2.45, 2.75) is 360 Å². The van der Waals surface area contributed by atoms with Crippen LogP contribution < -0.4 is 0 Å². The average Bonchev–Trinajstić information content (AvgIpc) is 0.997. The Kier molecular flexibility index (Phi) is 72.4. The largest absolute Gasteiger partial charge is 0.472 e. The molecule has 19 heteroatoms. The van der Waals surface area contributed by atoms with Crippen molar-refractivity contribution in [1.29, 1.82) is 0 Å². The number of phosphoric ester groups is 2. The Morgan fingerprint density at radius 3 is 0.940 bits per heavy atom. The first-order chi connectivity index (χ1) is 48.8. The Morgan fingerprint density at radius 1 is 0.320 bits per heavy atom. The molecule has 0 heterocycles. The molecule has 0 aliphatic heterocycles. The number of ether oxygens (including phenoxy) is 4. The Bertz CT molecular complexity index is 2190. The highest BCUT2D eigenvalue weighted by Gasteiger charge is 2.30. The van der Waals surface area contributed by atoms with Crippen molar-refractivity contribution in [2.24, 2.45) is 0 Å². The Morgan fingerprint density at radius 2 is 0.590 bits per heavy atom. The number of hydrogen-bond acceptors (Lipinski definition) is 15. The third-order valence-electron chi connectivity index (χ3n) is 16.8. The van der Waals surface area contributed by atoms with Crippen molar-refractivity contribution in [3.05, 3.63) is 85.1 Å². The lowest BCUT2D eigenvalue weighted by Crippen LogP contribution is -2.30. The van der Waals surface area contributed by atoms with Crippen molar-refractivity contribution >= 4 is 39.8 Å². The quantitative estimate of drug-likeness (QED) is 0.0128. The number of allylic oxidation sites excluding steroid dienone is 14. The molecule has 0 amide bonds. The van der Waals surface area contributed by atoms with E-state index in [9.17, 15) is 43.2 Å². The molecule has 0 fully saturated rings. The first-order valence-corrected chi connectivity index (χ1v) is 42.8. The molecule has 3 N–H and O–H groups in total. The summed E-state index contributed by atoms with van der Waals surface area (Å²) in [5.41, 5.74) is 0. The van der Waals surface area contributed by atoms with Gasteiger partial charge in [-0.15, -0.1) is 0 Å². The SMILES string of the molecule is CCCCC/C=C\C/C=C\CCCCCCCC(=O)OC[C@H](COP(=O)(O)OC[C@@H](O)COP(=O)(O)OC[C@@H](COC(=O)CCCCCCC/C=C\C/C=C\CCCCC)OC(=O)CCCCCCC/C=C\C/C=C\CCCCC)OCCCCCCCCC/C=C\CCCCCCC=O. The van der Waals surface area contributed by atoms with Gasteiger partial charge in [0.15, 0.2) is 6.10 Å². The summed E-state index contributed by atoms with van der Waals surface area (Å²) >= 11 is 0. The van der Waals surface area contributed by atoms with Crippen LogP contribution in [0.2, 0.25) is 0 Å². The van der Waals surface area contributed by atoms with E-state index in [2.05, 4.69) is 106 Å². The molecule has 0 aromatic carbocycles. The fraction of sp³-hybridized carbons (Fsp3) is 0.778. The van der Waals surface area contributed by atoms with Crippen molar-refractivity contribution in [2.75, 3.05) is 46.2 Å². The first-order valence-electron chi connectivity index (χ1n) is 39.8. The van der Waals surface area contributed by atoms with Crippen molar-refractivity contribution in [3.8, 4) is 0 Å². The molecule has 0 saturated carbocycles. The molecule has 5 atom stereocenters. The topological polar surface area (TPSA) is 237 Å². The minimum Gasteiger partial charge on any atom is -0.463 e. The van der Waals surface area contributed by atoms with Crippen LogP contribution >= 0.6 is 15.6 Å². The van der Waals surface area contributed by atoms with Crippen molar-refractivity contribution in [1.82, 2.24) is 0 Å². The summed E-state index contributed by atoms with van der Waals surface area (Å²) in [6, 6.07) is 0. The minimum atomic E-state index is -4.95. The highest BCUT2D eigenvalue weighted by Crippen LogP contribution is 2.45. The monoisotopic (exact) mass is 1450 g/mol. The molecule has 0 aromatic rings. The summed E-state index contributed by atoms with van der Waals surface area (Å²) in [6.07, 6.45) is 77.6. The van der Waals surface area contributed by atoms with E-state index in [1.54, 1.807) is 0 Å². The van der Waals surface area contributed by atoms with Crippen LogP contribution in [0.3, 0.4) is 0 Å². The number of phosphoric acid groups is 2. The third-order valence-corrected chi connectivity index (χ3v) is 18.7. The van der Waals surface area contributed by atoms with Crippen LogP contribution in [0.15, 0.2) is 85.1 Å². The lowest BCUT2D eigenvalue weighted by Gasteiger charge is -2.21. The van der Waals surface area contributed by atoms with Gasteiger partial charge in [0.1, 0.15) is 31.7 Å². The van der Waals surface area contributed by atoms with E-state index in [-0.39, 0.29) is 25.9 Å². The van der Waals surface area contributed by atoms with Gasteiger partial charge >= 0.3 is 33.6 Å².